The Morgan fingerprint density at radius 2 is 2.12 bits per heavy atom. The van der Waals surface area contributed by atoms with Crippen LogP contribution in [-0.4, -0.2) is 17.6 Å². The van der Waals surface area contributed by atoms with Crippen molar-refractivity contribution in [3.63, 3.8) is 0 Å². The summed E-state index contributed by atoms with van der Waals surface area (Å²) in [5.41, 5.74) is 3.61. The number of aryl methyl sites for hydroxylation is 1. The molecule has 0 aromatic heterocycles. The highest BCUT2D eigenvalue weighted by atomic mass is 16.4. The largest absolute Gasteiger partial charge is 0.481 e. The maximum Gasteiger partial charge on any atom is 0.303 e. The number of anilines is 1. The minimum atomic E-state index is -0.737. The van der Waals surface area contributed by atoms with E-state index in [0.717, 1.165) is 5.69 Å². The maximum atomic E-state index is 10.4. The highest BCUT2D eigenvalue weighted by Gasteiger charge is 2.03. The number of carboxylic acid groups (broad SMARTS) is 1. The summed E-state index contributed by atoms with van der Waals surface area (Å²) in [6.45, 7) is 7.09. The van der Waals surface area contributed by atoms with E-state index in [1.807, 2.05) is 0 Å². The van der Waals surface area contributed by atoms with E-state index in [9.17, 15) is 4.79 Å². The van der Waals surface area contributed by atoms with Crippen LogP contribution in [-0.2, 0) is 4.79 Å². The molecule has 0 heterocycles. The molecule has 0 atom stereocenters. The summed E-state index contributed by atoms with van der Waals surface area (Å²) in [6.07, 6.45) is 0.872. The summed E-state index contributed by atoms with van der Waals surface area (Å²) in [7, 11) is 0. The van der Waals surface area contributed by atoms with Crippen molar-refractivity contribution in [2.24, 2.45) is 0 Å². The molecule has 0 aliphatic heterocycles. The van der Waals surface area contributed by atoms with Crippen molar-refractivity contribution < 1.29 is 9.90 Å². The second-order valence-electron chi connectivity index (χ2n) is 4.65. The molecule has 0 fully saturated rings. The molecule has 3 heteroatoms. The summed E-state index contributed by atoms with van der Waals surface area (Å²) < 4.78 is 0. The van der Waals surface area contributed by atoms with Crippen LogP contribution in [0.1, 0.15) is 43.7 Å². The zero-order valence-electron chi connectivity index (χ0n) is 10.8. The van der Waals surface area contributed by atoms with Crippen LogP contribution in [0, 0.1) is 6.92 Å². The number of nitrogens with one attached hydrogen (secondary N) is 1. The van der Waals surface area contributed by atoms with E-state index < -0.39 is 5.97 Å². The average molecular weight is 235 g/mol. The average Bonchev–Trinajstić information content (AvgIpc) is 2.25. The first kappa shape index (κ1) is 13.6. The lowest BCUT2D eigenvalue weighted by Gasteiger charge is -2.13. The molecule has 17 heavy (non-hydrogen) atoms. The third-order valence-corrected chi connectivity index (χ3v) is 2.81. The van der Waals surface area contributed by atoms with Gasteiger partial charge in [0.25, 0.3) is 0 Å². The SMILES string of the molecule is Cc1ccc(C(C)C)cc1NCCCC(=O)O. The summed E-state index contributed by atoms with van der Waals surface area (Å²) in [5.74, 6) is -0.227. The normalized spacial score (nSPS) is 10.6. The van der Waals surface area contributed by atoms with Crippen LogP contribution in [0.2, 0.25) is 0 Å². The highest BCUT2D eigenvalue weighted by molar-refractivity contribution is 5.66. The van der Waals surface area contributed by atoms with E-state index in [1.54, 1.807) is 0 Å². The summed E-state index contributed by atoms with van der Waals surface area (Å²) in [4.78, 5) is 10.4. The van der Waals surface area contributed by atoms with Gasteiger partial charge in [-0.1, -0.05) is 26.0 Å². The Labute approximate surface area is 103 Å². The van der Waals surface area contributed by atoms with E-state index in [2.05, 4.69) is 44.3 Å². The number of hydrogen-bond acceptors (Lipinski definition) is 2. The van der Waals surface area contributed by atoms with Crippen molar-refractivity contribution in [3.8, 4) is 0 Å². The Bertz CT molecular complexity index is 386. The second kappa shape index (κ2) is 6.28. The molecule has 0 spiro atoms. The molecule has 94 valence electrons. The summed E-state index contributed by atoms with van der Waals surface area (Å²) >= 11 is 0. The topological polar surface area (TPSA) is 49.3 Å². The fourth-order valence-corrected chi connectivity index (χ4v) is 1.65. The molecule has 3 nitrogen and oxygen atoms in total. The Kier molecular flexibility index (Phi) is 5.01. The fraction of sp³-hybridized carbons (Fsp3) is 0.500. The third kappa shape index (κ3) is 4.47. The Balaban J connectivity index is 2.57. The van der Waals surface area contributed by atoms with Crippen LogP contribution < -0.4 is 5.32 Å². The second-order valence-corrected chi connectivity index (χ2v) is 4.65. The van der Waals surface area contributed by atoms with Gasteiger partial charge in [-0.25, -0.2) is 0 Å². The maximum absolute atomic E-state index is 10.4. The van der Waals surface area contributed by atoms with Gasteiger partial charge in [0.1, 0.15) is 0 Å². The van der Waals surface area contributed by atoms with Crippen LogP contribution in [0.4, 0.5) is 5.69 Å². The lowest BCUT2D eigenvalue weighted by Crippen LogP contribution is -2.06. The lowest BCUT2D eigenvalue weighted by molar-refractivity contribution is -0.137. The Morgan fingerprint density at radius 1 is 1.41 bits per heavy atom. The molecule has 2 N–H and O–H groups in total. The van der Waals surface area contributed by atoms with Gasteiger partial charge in [-0.15, -0.1) is 0 Å². The van der Waals surface area contributed by atoms with Crippen LogP contribution in [0.25, 0.3) is 0 Å². The van der Waals surface area contributed by atoms with Gasteiger partial charge in [-0.2, -0.15) is 0 Å². The number of rotatable bonds is 6. The molecule has 0 unspecified atom stereocenters. The van der Waals surface area contributed by atoms with E-state index in [-0.39, 0.29) is 6.42 Å². The number of benzene rings is 1. The van der Waals surface area contributed by atoms with Crippen molar-refractivity contribution in [3.05, 3.63) is 29.3 Å². The zero-order chi connectivity index (χ0) is 12.8. The number of aliphatic carboxylic acids is 1. The number of carboxylic acids is 1. The summed E-state index contributed by atoms with van der Waals surface area (Å²) in [5, 5.41) is 11.9. The predicted octanol–water partition coefficient (Wildman–Crippen LogP) is 3.40. The van der Waals surface area contributed by atoms with Crippen LogP contribution in [0.3, 0.4) is 0 Å². The molecule has 0 saturated heterocycles. The van der Waals surface area contributed by atoms with Gasteiger partial charge < -0.3 is 10.4 Å². The molecule has 0 saturated carbocycles. The molecular weight excluding hydrogens is 214 g/mol. The molecule has 0 bridgehead atoms. The van der Waals surface area contributed by atoms with Gasteiger partial charge in [-0.3, -0.25) is 4.79 Å². The minimum Gasteiger partial charge on any atom is -0.481 e. The molecule has 0 aliphatic rings. The Hall–Kier alpha value is -1.51. The first-order valence-corrected chi connectivity index (χ1v) is 6.07. The van der Waals surface area contributed by atoms with Gasteiger partial charge in [0.15, 0.2) is 0 Å². The Morgan fingerprint density at radius 3 is 2.71 bits per heavy atom. The smallest absolute Gasteiger partial charge is 0.303 e. The quantitative estimate of drug-likeness (QED) is 0.743. The van der Waals surface area contributed by atoms with Crippen molar-refractivity contribution in [1.82, 2.24) is 0 Å². The third-order valence-electron chi connectivity index (χ3n) is 2.81. The van der Waals surface area contributed by atoms with Gasteiger partial charge in [0.2, 0.25) is 0 Å². The van der Waals surface area contributed by atoms with Gasteiger partial charge >= 0.3 is 5.97 Å². The molecular formula is C14H21NO2. The van der Waals surface area contributed by atoms with Crippen LogP contribution >= 0.6 is 0 Å². The molecule has 1 aromatic carbocycles. The molecule has 1 rings (SSSR count). The van der Waals surface area contributed by atoms with Crippen LogP contribution in [0.15, 0.2) is 18.2 Å². The molecule has 0 radical (unpaired) electrons. The van der Waals surface area contributed by atoms with E-state index in [1.165, 1.54) is 11.1 Å². The van der Waals surface area contributed by atoms with Gasteiger partial charge in [-0.05, 0) is 36.5 Å². The monoisotopic (exact) mass is 235 g/mol. The van der Waals surface area contributed by atoms with Crippen molar-refractivity contribution in [1.29, 1.82) is 0 Å². The summed E-state index contributed by atoms with van der Waals surface area (Å²) in [6, 6.07) is 6.40. The zero-order valence-corrected chi connectivity index (χ0v) is 10.8. The standard InChI is InChI=1S/C14H21NO2/c1-10(2)12-7-6-11(3)13(9-12)15-8-4-5-14(16)17/h6-7,9-10,15H,4-5,8H2,1-3H3,(H,16,17). The van der Waals surface area contributed by atoms with E-state index in [0.29, 0.717) is 18.9 Å². The fourth-order valence-electron chi connectivity index (χ4n) is 1.65. The van der Waals surface area contributed by atoms with Gasteiger partial charge in [0, 0.05) is 18.7 Å². The van der Waals surface area contributed by atoms with E-state index in [4.69, 9.17) is 5.11 Å². The number of hydrogen-bond donors (Lipinski definition) is 2. The number of carbonyl (C=O) groups is 1. The minimum absolute atomic E-state index is 0.218. The van der Waals surface area contributed by atoms with Crippen molar-refractivity contribution in [2.75, 3.05) is 11.9 Å². The molecule has 0 aliphatic carbocycles. The van der Waals surface area contributed by atoms with Crippen molar-refractivity contribution in [2.45, 2.75) is 39.5 Å². The van der Waals surface area contributed by atoms with E-state index >= 15 is 0 Å². The molecule has 1 aromatic rings. The lowest BCUT2D eigenvalue weighted by atomic mass is 10.0. The highest BCUT2D eigenvalue weighted by Crippen LogP contribution is 2.22. The van der Waals surface area contributed by atoms with Crippen LogP contribution in [0.5, 0.6) is 0 Å². The van der Waals surface area contributed by atoms with Crippen molar-refractivity contribution >= 4 is 11.7 Å². The molecule has 0 amide bonds. The first-order valence-electron chi connectivity index (χ1n) is 6.07. The first-order chi connectivity index (χ1) is 8.00. The van der Waals surface area contributed by atoms with Gasteiger partial charge in [0.05, 0.1) is 0 Å². The predicted molar refractivity (Wildman–Crippen MR) is 70.6 cm³/mol.